The largest absolute Gasteiger partial charge is 0.493 e. The summed E-state index contributed by atoms with van der Waals surface area (Å²) in [6, 6.07) is 15.7. The van der Waals surface area contributed by atoms with Crippen molar-refractivity contribution in [3.8, 4) is 11.4 Å². The number of carbonyl (C=O) groups excluding carboxylic acids is 1. The topological polar surface area (TPSA) is 81.9 Å². The van der Waals surface area contributed by atoms with E-state index in [1.807, 2.05) is 42.5 Å². The molecule has 1 aliphatic heterocycles. The van der Waals surface area contributed by atoms with Crippen LogP contribution in [-0.2, 0) is 17.6 Å². The van der Waals surface area contributed by atoms with E-state index in [0.717, 1.165) is 23.4 Å². The van der Waals surface area contributed by atoms with Gasteiger partial charge in [-0.25, -0.2) is 4.68 Å². The molecular formula is C19H19N5O2. The number of tetrazole rings is 1. The monoisotopic (exact) mass is 349 g/mol. The zero-order valence-electron chi connectivity index (χ0n) is 14.2. The molecule has 0 fully saturated rings. The van der Waals surface area contributed by atoms with Crippen molar-refractivity contribution < 1.29 is 9.53 Å². The molecule has 0 unspecified atom stereocenters. The third kappa shape index (κ3) is 3.72. The van der Waals surface area contributed by atoms with Crippen molar-refractivity contribution in [2.24, 2.45) is 5.92 Å². The molecule has 1 aromatic heterocycles. The SMILES string of the molecule is O=C(Cc1ccc(-n2cnnn2)cc1)NC[C@H]1COc2ccccc2C1. The molecule has 0 saturated carbocycles. The number of nitrogens with zero attached hydrogens (tertiary/aromatic N) is 4. The molecule has 0 spiro atoms. The number of hydrogen-bond acceptors (Lipinski definition) is 5. The molecular weight excluding hydrogens is 330 g/mol. The molecule has 1 N–H and O–H groups in total. The summed E-state index contributed by atoms with van der Waals surface area (Å²) in [7, 11) is 0. The van der Waals surface area contributed by atoms with Gasteiger partial charge in [-0.2, -0.15) is 0 Å². The first kappa shape index (κ1) is 16.3. The molecule has 2 heterocycles. The molecule has 0 radical (unpaired) electrons. The number of amides is 1. The second-order valence-corrected chi connectivity index (χ2v) is 6.39. The molecule has 3 aromatic rings. The van der Waals surface area contributed by atoms with Crippen LogP contribution in [0.4, 0.5) is 0 Å². The minimum absolute atomic E-state index is 0.0130. The highest BCUT2D eigenvalue weighted by Gasteiger charge is 2.19. The molecule has 7 heteroatoms. The first-order valence-electron chi connectivity index (χ1n) is 8.57. The number of benzene rings is 2. The fraction of sp³-hybridized carbons (Fsp3) is 0.263. The number of fused-ring (bicyclic) bond motifs is 1. The third-order valence-corrected chi connectivity index (χ3v) is 4.46. The second-order valence-electron chi connectivity index (χ2n) is 6.39. The highest BCUT2D eigenvalue weighted by Crippen LogP contribution is 2.26. The van der Waals surface area contributed by atoms with Gasteiger partial charge in [-0.1, -0.05) is 30.3 Å². The van der Waals surface area contributed by atoms with E-state index in [1.54, 1.807) is 4.68 Å². The minimum Gasteiger partial charge on any atom is -0.493 e. The molecule has 0 bridgehead atoms. The molecule has 1 amide bonds. The minimum atomic E-state index is 0.0130. The lowest BCUT2D eigenvalue weighted by Gasteiger charge is -2.25. The zero-order valence-corrected chi connectivity index (χ0v) is 14.2. The Balaban J connectivity index is 1.28. The van der Waals surface area contributed by atoms with Gasteiger partial charge in [0.1, 0.15) is 12.1 Å². The Morgan fingerprint density at radius 1 is 1.19 bits per heavy atom. The maximum Gasteiger partial charge on any atom is 0.224 e. The van der Waals surface area contributed by atoms with Gasteiger partial charge in [-0.05, 0) is 46.2 Å². The molecule has 26 heavy (non-hydrogen) atoms. The average Bonchev–Trinajstić information content (AvgIpc) is 3.22. The summed E-state index contributed by atoms with van der Waals surface area (Å²) in [5, 5.41) is 14.1. The van der Waals surface area contributed by atoms with Gasteiger partial charge >= 0.3 is 0 Å². The van der Waals surface area contributed by atoms with E-state index in [0.29, 0.717) is 25.5 Å². The zero-order chi connectivity index (χ0) is 17.8. The van der Waals surface area contributed by atoms with E-state index >= 15 is 0 Å². The number of nitrogens with one attached hydrogen (secondary N) is 1. The molecule has 0 saturated heterocycles. The first-order chi connectivity index (χ1) is 12.8. The normalized spacial score (nSPS) is 15.8. The molecule has 1 aliphatic rings. The predicted octanol–water partition coefficient (Wildman–Crippen LogP) is 1.57. The summed E-state index contributed by atoms with van der Waals surface area (Å²) in [6.45, 7) is 1.26. The van der Waals surface area contributed by atoms with Crippen molar-refractivity contribution in [2.45, 2.75) is 12.8 Å². The van der Waals surface area contributed by atoms with Crippen LogP contribution in [0.3, 0.4) is 0 Å². The molecule has 2 aromatic carbocycles. The van der Waals surface area contributed by atoms with Gasteiger partial charge in [-0.15, -0.1) is 5.10 Å². The lowest BCUT2D eigenvalue weighted by Crippen LogP contribution is -2.35. The Labute approximate surface area is 151 Å². The Morgan fingerprint density at radius 3 is 2.85 bits per heavy atom. The fourth-order valence-electron chi connectivity index (χ4n) is 3.07. The number of para-hydroxylation sites is 1. The van der Waals surface area contributed by atoms with E-state index in [2.05, 4.69) is 26.9 Å². The molecule has 4 rings (SSSR count). The summed E-state index contributed by atoms with van der Waals surface area (Å²) in [5.74, 6) is 1.27. The van der Waals surface area contributed by atoms with Crippen LogP contribution < -0.4 is 10.1 Å². The average molecular weight is 349 g/mol. The van der Waals surface area contributed by atoms with Crippen LogP contribution in [-0.4, -0.2) is 39.3 Å². The van der Waals surface area contributed by atoms with Crippen LogP contribution in [0.1, 0.15) is 11.1 Å². The van der Waals surface area contributed by atoms with Gasteiger partial charge in [0.15, 0.2) is 0 Å². The van der Waals surface area contributed by atoms with Crippen molar-refractivity contribution in [1.29, 1.82) is 0 Å². The quantitative estimate of drug-likeness (QED) is 0.756. The highest BCUT2D eigenvalue weighted by molar-refractivity contribution is 5.78. The van der Waals surface area contributed by atoms with Gasteiger partial charge in [0.25, 0.3) is 0 Å². The standard InChI is InChI=1S/C19H19N5O2/c25-19(10-14-5-7-17(8-6-14)24-13-21-22-23-24)20-11-15-9-16-3-1-2-4-18(16)26-12-15/h1-8,13,15H,9-12H2,(H,20,25)/t15-/m0/s1. The number of hydrogen-bond donors (Lipinski definition) is 1. The summed E-state index contributed by atoms with van der Waals surface area (Å²) >= 11 is 0. The van der Waals surface area contributed by atoms with E-state index in [4.69, 9.17) is 4.74 Å². The lowest BCUT2D eigenvalue weighted by atomic mass is 9.96. The van der Waals surface area contributed by atoms with Crippen LogP contribution in [0.15, 0.2) is 54.9 Å². The summed E-state index contributed by atoms with van der Waals surface area (Å²) < 4.78 is 7.34. The lowest BCUT2D eigenvalue weighted by molar-refractivity contribution is -0.120. The van der Waals surface area contributed by atoms with E-state index < -0.39 is 0 Å². The van der Waals surface area contributed by atoms with E-state index in [9.17, 15) is 4.79 Å². The third-order valence-electron chi connectivity index (χ3n) is 4.46. The van der Waals surface area contributed by atoms with Crippen molar-refractivity contribution in [1.82, 2.24) is 25.5 Å². The van der Waals surface area contributed by atoms with Crippen molar-refractivity contribution >= 4 is 5.91 Å². The summed E-state index contributed by atoms with van der Waals surface area (Å²) in [4.78, 5) is 12.2. The highest BCUT2D eigenvalue weighted by atomic mass is 16.5. The van der Waals surface area contributed by atoms with Gasteiger partial charge in [0, 0.05) is 12.5 Å². The van der Waals surface area contributed by atoms with E-state index in [1.165, 1.54) is 11.9 Å². The maximum atomic E-state index is 12.2. The molecule has 132 valence electrons. The van der Waals surface area contributed by atoms with Gasteiger partial charge in [0.2, 0.25) is 5.91 Å². The first-order valence-corrected chi connectivity index (χ1v) is 8.57. The fourth-order valence-corrected chi connectivity index (χ4v) is 3.07. The van der Waals surface area contributed by atoms with Gasteiger partial charge in [-0.3, -0.25) is 4.79 Å². The Hall–Kier alpha value is -3.22. The van der Waals surface area contributed by atoms with Crippen LogP contribution >= 0.6 is 0 Å². The number of rotatable bonds is 5. The van der Waals surface area contributed by atoms with Crippen molar-refractivity contribution in [3.05, 3.63) is 66.0 Å². The van der Waals surface area contributed by atoms with E-state index in [-0.39, 0.29) is 5.91 Å². The predicted molar refractivity (Wildman–Crippen MR) is 95.0 cm³/mol. The molecule has 7 nitrogen and oxygen atoms in total. The number of ether oxygens (including phenoxy) is 1. The Kier molecular flexibility index (Phi) is 4.59. The van der Waals surface area contributed by atoms with Crippen molar-refractivity contribution in [3.63, 3.8) is 0 Å². The summed E-state index contributed by atoms with van der Waals surface area (Å²) in [6.07, 6.45) is 2.81. The molecule has 1 atom stereocenters. The van der Waals surface area contributed by atoms with Crippen molar-refractivity contribution in [2.75, 3.05) is 13.2 Å². The van der Waals surface area contributed by atoms with Crippen LogP contribution in [0.5, 0.6) is 5.75 Å². The Morgan fingerprint density at radius 2 is 2.04 bits per heavy atom. The number of carbonyl (C=O) groups is 1. The van der Waals surface area contributed by atoms with Crippen LogP contribution in [0.25, 0.3) is 5.69 Å². The Bertz CT molecular complexity index is 877. The van der Waals surface area contributed by atoms with Gasteiger partial charge in [0.05, 0.1) is 18.7 Å². The smallest absolute Gasteiger partial charge is 0.224 e. The van der Waals surface area contributed by atoms with Gasteiger partial charge < -0.3 is 10.1 Å². The summed E-state index contributed by atoms with van der Waals surface area (Å²) in [5.41, 5.74) is 3.01. The van der Waals surface area contributed by atoms with Crippen LogP contribution in [0, 0.1) is 5.92 Å². The maximum absolute atomic E-state index is 12.2. The number of aromatic nitrogens is 4. The van der Waals surface area contributed by atoms with Crippen LogP contribution in [0.2, 0.25) is 0 Å². The second kappa shape index (κ2) is 7.35. The molecule has 0 aliphatic carbocycles.